The van der Waals surface area contributed by atoms with Crippen LogP contribution in [-0.4, -0.2) is 30.9 Å². The summed E-state index contributed by atoms with van der Waals surface area (Å²) in [6, 6.07) is 6.44. The SMILES string of the molecule is CC1CCN(S(=O)(=O)c2ccc(CO)cc2)CC1. The van der Waals surface area contributed by atoms with Gasteiger partial charge in [-0.05, 0) is 36.5 Å². The molecule has 1 heterocycles. The van der Waals surface area contributed by atoms with E-state index in [4.69, 9.17) is 5.11 Å². The maximum Gasteiger partial charge on any atom is 0.243 e. The quantitative estimate of drug-likeness (QED) is 0.906. The van der Waals surface area contributed by atoms with Crippen LogP contribution < -0.4 is 0 Å². The van der Waals surface area contributed by atoms with Gasteiger partial charge in [-0.25, -0.2) is 8.42 Å². The lowest BCUT2D eigenvalue weighted by Gasteiger charge is -2.29. The summed E-state index contributed by atoms with van der Waals surface area (Å²) in [6.07, 6.45) is 1.85. The summed E-state index contributed by atoms with van der Waals surface area (Å²) in [5.41, 5.74) is 0.723. The minimum Gasteiger partial charge on any atom is -0.392 e. The molecular formula is C13H19NO3S. The molecule has 0 amide bonds. The minimum absolute atomic E-state index is 0.0679. The second-order valence-corrected chi connectivity index (χ2v) is 6.83. The van der Waals surface area contributed by atoms with Crippen LogP contribution in [0, 0.1) is 5.92 Å². The first kappa shape index (κ1) is 13.5. The number of benzene rings is 1. The van der Waals surface area contributed by atoms with Crippen LogP contribution in [0.25, 0.3) is 0 Å². The third kappa shape index (κ3) is 2.74. The Kier molecular flexibility index (Phi) is 4.04. The Labute approximate surface area is 108 Å². The predicted molar refractivity (Wildman–Crippen MR) is 69.5 cm³/mol. The number of sulfonamides is 1. The molecule has 0 radical (unpaired) electrons. The Bertz CT molecular complexity index is 487. The predicted octanol–water partition coefficient (Wildman–Crippen LogP) is 1.60. The van der Waals surface area contributed by atoms with Crippen LogP contribution in [0.5, 0.6) is 0 Å². The molecule has 0 aliphatic carbocycles. The van der Waals surface area contributed by atoms with Crippen molar-refractivity contribution in [2.45, 2.75) is 31.3 Å². The number of piperidine rings is 1. The Hall–Kier alpha value is -0.910. The maximum absolute atomic E-state index is 12.4. The Balaban J connectivity index is 2.19. The van der Waals surface area contributed by atoms with Crippen molar-refractivity contribution in [3.63, 3.8) is 0 Å². The second-order valence-electron chi connectivity index (χ2n) is 4.89. The normalized spacial score (nSPS) is 19.0. The minimum atomic E-state index is -3.36. The molecule has 0 unspecified atom stereocenters. The van der Waals surface area contributed by atoms with Crippen molar-refractivity contribution in [2.75, 3.05) is 13.1 Å². The summed E-state index contributed by atoms with van der Waals surface area (Å²) in [7, 11) is -3.36. The summed E-state index contributed by atoms with van der Waals surface area (Å²) in [6.45, 7) is 3.29. The van der Waals surface area contributed by atoms with E-state index in [9.17, 15) is 8.42 Å². The highest BCUT2D eigenvalue weighted by Crippen LogP contribution is 2.23. The highest BCUT2D eigenvalue weighted by Gasteiger charge is 2.27. The molecule has 0 saturated carbocycles. The summed E-state index contributed by atoms with van der Waals surface area (Å²) in [5.74, 6) is 0.605. The molecule has 100 valence electrons. The summed E-state index contributed by atoms with van der Waals surface area (Å²) < 4.78 is 26.3. The van der Waals surface area contributed by atoms with Crippen molar-refractivity contribution in [2.24, 2.45) is 5.92 Å². The highest BCUT2D eigenvalue weighted by atomic mass is 32.2. The van der Waals surface area contributed by atoms with Crippen molar-refractivity contribution in [1.29, 1.82) is 0 Å². The maximum atomic E-state index is 12.4. The first-order chi connectivity index (χ1) is 8.54. The zero-order chi connectivity index (χ0) is 13.2. The molecule has 4 nitrogen and oxygen atoms in total. The van der Waals surface area contributed by atoms with Gasteiger partial charge in [0.2, 0.25) is 10.0 Å². The average molecular weight is 269 g/mol. The molecule has 0 atom stereocenters. The van der Waals surface area contributed by atoms with Gasteiger partial charge in [0, 0.05) is 13.1 Å². The lowest BCUT2D eigenvalue weighted by Crippen LogP contribution is -2.37. The van der Waals surface area contributed by atoms with Gasteiger partial charge in [0.1, 0.15) is 0 Å². The fourth-order valence-corrected chi connectivity index (χ4v) is 3.61. The molecule has 0 bridgehead atoms. The molecule has 0 aromatic heterocycles. The number of aliphatic hydroxyl groups excluding tert-OH is 1. The zero-order valence-corrected chi connectivity index (χ0v) is 11.4. The fraction of sp³-hybridized carbons (Fsp3) is 0.538. The van der Waals surface area contributed by atoms with Crippen molar-refractivity contribution in [3.05, 3.63) is 29.8 Å². The van der Waals surface area contributed by atoms with Crippen LogP contribution in [-0.2, 0) is 16.6 Å². The van der Waals surface area contributed by atoms with Gasteiger partial charge >= 0.3 is 0 Å². The third-order valence-corrected chi connectivity index (χ3v) is 5.40. The zero-order valence-electron chi connectivity index (χ0n) is 10.5. The topological polar surface area (TPSA) is 57.6 Å². The van der Waals surface area contributed by atoms with Gasteiger partial charge in [0.25, 0.3) is 0 Å². The number of aliphatic hydroxyl groups is 1. The molecule has 1 saturated heterocycles. The summed E-state index contributed by atoms with van der Waals surface area (Å²) >= 11 is 0. The van der Waals surface area contributed by atoms with Crippen LogP contribution in [0.3, 0.4) is 0 Å². The van der Waals surface area contributed by atoms with Crippen molar-refractivity contribution in [3.8, 4) is 0 Å². The monoisotopic (exact) mass is 269 g/mol. The standard InChI is InChI=1S/C13H19NO3S/c1-11-6-8-14(9-7-11)18(16,17)13-4-2-12(10-15)3-5-13/h2-5,11,15H,6-10H2,1H3. The molecule has 0 spiro atoms. The van der Waals surface area contributed by atoms with E-state index >= 15 is 0 Å². The number of hydrogen-bond acceptors (Lipinski definition) is 3. The Morgan fingerprint density at radius 1 is 1.22 bits per heavy atom. The van der Waals surface area contributed by atoms with Gasteiger partial charge < -0.3 is 5.11 Å². The van der Waals surface area contributed by atoms with E-state index in [1.807, 2.05) is 0 Å². The third-order valence-electron chi connectivity index (χ3n) is 3.49. The van der Waals surface area contributed by atoms with Gasteiger partial charge in [0.15, 0.2) is 0 Å². The van der Waals surface area contributed by atoms with Gasteiger partial charge in [0.05, 0.1) is 11.5 Å². The number of nitrogens with zero attached hydrogens (tertiary/aromatic N) is 1. The lowest BCUT2D eigenvalue weighted by molar-refractivity contribution is 0.281. The molecule has 1 N–H and O–H groups in total. The molecule has 1 fully saturated rings. The molecule has 1 aliphatic heterocycles. The first-order valence-electron chi connectivity index (χ1n) is 6.24. The van der Waals surface area contributed by atoms with E-state index in [0.717, 1.165) is 18.4 Å². The van der Waals surface area contributed by atoms with Crippen molar-refractivity contribution in [1.82, 2.24) is 4.31 Å². The van der Waals surface area contributed by atoms with E-state index in [1.54, 1.807) is 28.6 Å². The van der Waals surface area contributed by atoms with E-state index in [2.05, 4.69) is 6.92 Å². The largest absolute Gasteiger partial charge is 0.392 e. The first-order valence-corrected chi connectivity index (χ1v) is 7.68. The smallest absolute Gasteiger partial charge is 0.243 e. The molecule has 2 rings (SSSR count). The van der Waals surface area contributed by atoms with Gasteiger partial charge in [-0.3, -0.25) is 0 Å². The molecule has 18 heavy (non-hydrogen) atoms. The molecule has 1 aromatic rings. The average Bonchev–Trinajstić information content (AvgIpc) is 2.39. The van der Waals surface area contributed by atoms with Crippen LogP contribution in [0.4, 0.5) is 0 Å². The molecule has 1 aromatic carbocycles. The Morgan fingerprint density at radius 2 is 1.78 bits per heavy atom. The molecule has 5 heteroatoms. The van der Waals surface area contributed by atoms with E-state index in [0.29, 0.717) is 23.9 Å². The number of hydrogen-bond donors (Lipinski definition) is 1. The van der Waals surface area contributed by atoms with Crippen LogP contribution in [0.2, 0.25) is 0 Å². The van der Waals surface area contributed by atoms with Gasteiger partial charge in [-0.1, -0.05) is 19.1 Å². The summed E-state index contributed by atoms with van der Waals surface area (Å²) in [4.78, 5) is 0.314. The van der Waals surface area contributed by atoms with Crippen molar-refractivity contribution >= 4 is 10.0 Å². The van der Waals surface area contributed by atoms with Crippen LogP contribution in [0.15, 0.2) is 29.2 Å². The fourth-order valence-electron chi connectivity index (χ4n) is 2.14. The summed E-state index contributed by atoms with van der Waals surface area (Å²) in [5, 5.41) is 8.95. The molecular weight excluding hydrogens is 250 g/mol. The Morgan fingerprint density at radius 3 is 2.28 bits per heavy atom. The van der Waals surface area contributed by atoms with E-state index < -0.39 is 10.0 Å². The molecule has 1 aliphatic rings. The van der Waals surface area contributed by atoms with Crippen LogP contribution in [0.1, 0.15) is 25.3 Å². The van der Waals surface area contributed by atoms with Crippen molar-refractivity contribution < 1.29 is 13.5 Å². The second kappa shape index (κ2) is 5.38. The highest BCUT2D eigenvalue weighted by molar-refractivity contribution is 7.89. The number of rotatable bonds is 3. The van der Waals surface area contributed by atoms with Crippen LogP contribution >= 0.6 is 0 Å². The van der Waals surface area contributed by atoms with E-state index in [-0.39, 0.29) is 6.61 Å². The van der Waals surface area contributed by atoms with Gasteiger partial charge in [-0.15, -0.1) is 0 Å². The van der Waals surface area contributed by atoms with Gasteiger partial charge in [-0.2, -0.15) is 4.31 Å². The lowest BCUT2D eigenvalue weighted by atomic mass is 10.0. The van der Waals surface area contributed by atoms with E-state index in [1.165, 1.54) is 0 Å².